The topological polar surface area (TPSA) is 53.1 Å². The second kappa shape index (κ2) is 6.27. The lowest BCUT2D eigenvalue weighted by atomic mass is 9.74. The van der Waals surface area contributed by atoms with Gasteiger partial charge >= 0.3 is 0 Å². The lowest BCUT2D eigenvalue weighted by Gasteiger charge is -2.43. The lowest BCUT2D eigenvalue weighted by molar-refractivity contribution is -0.0886. The summed E-state index contributed by atoms with van der Waals surface area (Å²) in [6.45, 7) is 7.16. The van der Waals surface area contributed by atoms with E-state index in [0.29, 0.717) is 0 Å². The summed E-state index contributed by atoms with van der Waals surface area (Å²) in [5, 5.41) is 4.41. The summed E-state index contributed by atoms with van der Waals surface area (Å²) >= 11 is 0. The molecule has 0 amide bonds. The first-order valence-corrected chi connectivity index (χ1v) is 7.86. The van der Waals surface area contributed by atoms with Gasteiger partial charge in [0.25, 0.3) is 0 Å². The van der Waals surface area contributed by atoms with E-state index in [1.807, 2.05) is 18.7 Å². The van der Waals surface area contributed by atoms with Gasteiger partial charge in [-0.3, -0.25) is 4.68 Å². The molecule has 1 aliphatic carbocycles. The molecule has 20 heavy (non-hydrogen) atoms. The quantitative estimate of drug-likeness (QED) is 0.901. The first-order chi connectivity index (χ1) is 9.47. The van der Waals surface area contributed by atoms with Crippen LogP contribution in [0.15, 0.2) is 6.07 Å². The number of aryl methyl sites for hydroxylation is 2. The highest BCUT2D eigenvalue weighted by Crippen LogP contribution is 2.37. The number of nitrogens with zero attached hydrogens (tertiary/aromatic N) is 2. The van der Waals surface area contributed by atoms with Crippen LogP contribution in [0.3, 0.4) is 0 Å². The zero-order valence-electron chi connectivity index (χ0n) is 13.4. The Morgan fingerprint density at radius 1 is 1.50 bits per heavy atom. The van der Waals surface area contributed by atoms with Crippen LogP contribution in [0, 0.1) is 12.8 Å². The molecule has 1 aromatic heterocycles. The molecule has 0 bridgehead atoms. The van der Waals surface area contributed by atoms with E-state index in [1.54, 1.807) is 0 Å². The van der Waals surface area contributed by atoms with E-state index in [2.05, 4.69) is 25.0 Å². The van der Waals surface area contributed by atoms with Crippen LogP contribution in [0.2, 0.25) is 0 Å². The standard InChI is InChI=1S/C16H29N3O/c1-5-20-16(8-6-12(2)7-9-16)15(17)11-14-10-13(3)18-19(14)4/h10,12,15H,5-9,11,17H2,1-4H3. The Morgan fingerprint density at radius 2 is 2.15 bits per heavy atom. The molecule has 0 radical (unpaired) electrons. The Hall–Kier alpha value is -0.870. The molecule has 4 nitrogen and oxygen atoms in total. The van der Waals surface area contributed by atoms with Crippen LogP contribution < -0.4 is 5.73 Å². The fourth-order valence-corrected chi connectivity index (χ4v) is 3.43. The van der Waals surface area contributed by atoms with Gasteiger partial charge in [0, 0.05) is 31.8 Å². The summed E-state index contributed by atoms with van der Waals surface area (Å²) in [6, 6.07) is 2.18. The van der Waals surface area contributed by atoms with E-state index in [0.717, 1.165) is 37.5 Å². The van der Waals surface area contributed by atoms with Crippen LogP contribution in [0.4, 0.5) is 0 Å². The predicted octanol–water partition coefficient (Wildman–Crippen LogP) is 2.58. The molecule has 1 unspecified atom stereocenters. The normalized spacial score (nSPS) is 28.6. The SMILES string of the molecule is CCOC1(C(N)Cc2cc(C)nn2C)CCC(C)CC1. The van der Waals surface area contributed by atoms with Crippen molar-refractivity contribution in [3.8, 4) is 0 Å². The molecule has 0 spiro atoms. The molecule has 0 aliphatic heterocycles. The van der Waals surface area contributed by atoms with Gasteiger partial charge in [-0.25, -0.2) is 0 Å². The van der Waals surface area contributed by atoms with Gasteiger partial charge in [-0.15, -0.1) is 0 Å². The fraction of sp³-hybridized carbons (Fsp3) is 0.812. The van der Waals surface area contributed by atoms with Crippen molar-refractivity contribution in [3.05, 3.63) is 17.5 Å². The fourth-order valence-electron chi connectivity index (χ4n) is 3.43. The maximum absolute atomic E-state index is 6.56. The predicted molar refractivity (Wildman–Crippen MR) is 81.6 cm³/mol. The second-order valence-electron chi connectivity index (χ2n) is 6.39. The third-order valence-corrected chi connectivity index (χ3v) is 4.76. The van der Waals surface area contributed by atoms with Crippen molar-refractivity contribution in [2.24, 2.45) is 18.7 Å². The van der Waals surface area contributed by atoms with Gasteiger partial charge in [0.05, 0.1) is 11.3 Å². The molecule has 2 rings (SSSR count). The van der Waals surface area contributed by atoms with Gasteiger partial charge in [-0.1, -0.05) is 6.92 Å². The zero-order valence-corrected chi connectivity index (χ0v) is 13.4. The number of aromatic nitrogens is 2. The van der Waals surface area contributed by atoms with Crippen molar-refractivity contribution in [2.45, 2.75) is 64.5 Å². The molecule has 0 aromatic carbocycles. The number of nitrogens with two attached hydrogens (primary N) is 1. The Balaban J connectivity index is 2.11. The van der Waals surface area contributed by atoms with Gasteiger partial charge in [0.2, 0.25) is 0 Å². The van der Waals surface area contributed by atoms with Crippen molar-refractivity contribution in [1.29, 1.82) is 0 Å². The third-order valence-electron chi connectivity index (χ3n) is 4.76. The van der Waals surface area contributed by atoms with Crippen molar-refractivity contribution in [1.82, 2.24) is 9.78 Å². The molecule has 1 saturated carbocycles. The summed E-state index contributed by atoms with van der Waals surface area (Å²) in [6.07, 6.45) is 5.45. The Bertz CT molecular complexity index is 433. The maximum atomic E-state index is 6.56. The number of rotatable bonds is 5. The average molecular weight is 279 g/mol. The van der Waals surface area contributed by atoms with Crippen molar-refractivity contribution in [2.75, 3.05) is 6.61 Å². The van der Waals surface area contributed by atoms with Gasteiger partial charge in [0.15, 0.2) is 0 Å². The summed E-state index contributed by atoms with van der Waals surface area (Å²) in [5.41, 5.74) is 8.67. The first-order valence-electron chi connectivity index (χ1n) is 7.86. The van der Waals surface area contributed by atoms with E-state index in [1.165, 1.54) is 18.5 Å². The first kappa shape index (κ1) is 15.5. The monoisotopic (exact) mass is 279 g/mol. The second-order valence-corrected chi connectivity index (χ2v) is 6.39. The zero-order chi connectivity index (χ0) is 14.8. The van der Waals surface area contributed by atoms with Crippen LogP contribution in [0.25, 0.3) is 0 Å². The van der Waals surface area contributed by atoms with E-state index in [9.17, 15) is 0 Å². The summed E-state index contributed by atoms with van der Waals surface area (Å²) in [5.74, 6) is 0.801. The molecule has 2 N–H and O–H groups in total. The van der Waals surface area contributed by atoms with E-state index in [4.69, 9.17) is 10.5 Å². The molecular weight excluding hydrogens is 250 g/mol. The summed E-state index contributed by atoms with van der Waals surface area (Å²) in [7, 11) is 1.99. The molecule has 1 aliphatic rings. The largest absolute Gasteiger partial charge is 0.374 e. The summed E-state index contributed by atoms with van der Waals surface area (Å²) in [4.78, 5) is 0. The van der Waals surface area contributed by atoms with Crippen molar-refractivity contribution in [3.63, 3.8) is 0 Å². The van der Waals surface area contributed by atoms with Crippen LogP contribution >= 0.6 is 0 Å². The lowest BCUT2D eigenvalue weighted by Crippen LogP contribution is -2.53. The molecule has 4 heteroatoms. The minimum absolute atomic E-state index is 0.0461. The van der Waals surface area contributed by atoms with E-state index < -0.39 is 0 Å². The number of ether oxygens (including phenoxy) is 1. The molecule has 1 fully saturated rings. The van der Waals surface area contributed by atoms with E-state index >= 15 is 0 Å². The summed E-state index contributed by atoms with van der Waals surface area (Å²) < 4.78 is 8.09. The van der Waals surface area contributed by atoms with Gasteiger partial charge in [-0.2, -0.15) is 5.10 Å². The maximum Gasteiger partial charge on any atom is 0.0836 e. The van der Waals surface area contributed by atoms with Crippen molar-refractivity contribution >= 4 is 0 Å². The highest BCUT2D eigenvalue weighted by molar-refractivity contribution is 5.12. The minimum Gasteiger partial charge on any atom is -0.374 e. The van der Waals surface area contributed by atoms with Crippen LogP contribution in [0.5, 0.6) is 0 Å². The Morgan fingerprint density at radius 3 is 2.65 bits per heavy atom. The van der Waals surface area contributed by atoms with Gasteiger partial charge in [-0.05, 0) is 51.5 Å². The van der Waals surface area contributed by atoms with Crippen LogP contribution in [0.1, 0.15) is 50.9 Å². The minimum atomic E-state index is -0.139. The third kappa shape index (κ3) is 3.23. The molecule has 1 atom stereocenters. The Labute approximate surface area is 122 Å². The van der Waals surface area contributed by atoms with E-state index in [-0.39, 0.29) is 11.6 Å². The average Bonchev–Trinajstić information content (AvgIpc) is 2.71. The van der Waals surface area contributed by atoms with Crippen LogP contribution in [-0.4, -0.2) is 28.0 Å². The smallest absolute Gasteiger partial charge is 0.0836 e. The molecule has 1 aromatic rings. The van der Waals surface area contributed by atoms with Crippen LogP contribution in [-0.2, 0) is 18.2 Å². The highest BCUT2D eigenvalue weighted by Gasteiger charge is 2.40. The van der Waals surface area contributed by atoms with Gasteiger partial charge < -0.3 is 10.5 Å². The Kier molecular flexibility index (Phi) is 4.86. The molecular formula is C16H29N3O. The number of hydrogen-bond acceptors (Lipinski definition) is 3. The number of hydrogen-bond donors (Lipinski definition) is 1. The molecule has 114 valence electrons. The molecule has 0 saturated heterocycles. The van der Waals surface area contributed by atoms with Crippen molar-refractivity contribution < 1.29 is 4.74 Å². The molecule has 1 heterocycles. The van der Waals surface area contributed by atoms with Gasteiger partial charge in [0.1, 0.15) is 0 Å². The highest BCUT2D eigenvalue weighted by atomic mass is 16.5.